The molecule has 1 aliphatic rings. The van der Waals surface area contributed by atoms with E-state index in [9.17, 15) is 4.79 Å². The molecule has 0 N–H and O–H groups in total. The van der Waals surface area contributed by atoms with Gasteiger partial charge in [0, 0.05) is 19.2 Å². The number of nitrogens with zero attached hydrogens (tertiary/aromatic N) is 2. The van der Waals surface area contributed by atoms with E-state index in [4.69, 9.17) is 21.1 Å². The van der Waals surface area contributed by atoms with Crippen LogP contribution in [0, 0.1) is 6.92 Å². The van der Waals surface area contributed by atoms with Crippen molar-refractivity contribution in [3.05, 3.63) is 22.8 Å². The Morgan fingerprint density at radius 3 is 2.81 bits per heavy atom. The third-order valence-corrected chi connectivity index (χ3v) is 3.29. The van der Waals surface area contributed by atoms with Crippen molar-refractivity contribution in [3.63, 3.8) is 0 Å². The molecule has 0 aromatic carbocycles. The van der Waals surface area contributed by atoms with Crippen LogP contribution in [0.5, 0.6) is 5.88 Å². The van der Waals surface area contributed by atoms with Gasteiger partial charge in [-0.3, -0.25) is 0 Å². The molecule has 1 unspecified atom stereocenters. The van der Waals surface area contributed by atoms with E-state index in [1.54, 1.807) is 11.1 Å². The van der Waals surface area contributed by atoms with Gasteiger partial charge in [-0.05, 0) is 39.3 Å². The second-order valence-corrected chi connectivity index (χ2v) is 6.66. The quantitative estimate of drug-likeness (QED) is 0.839. The Labute approximate surface area is 130 Å². The Morgan fingerprint density at radius 2 is 2.19 bits per heavy atom. The molecule has 1 aromatic heterocycles. The maximum atomic E-state index is 12.0. The summed E-state index contributed by atoms with van der Waals surface area (Å²) in [5.41, 5.74) is 0.492. The van der Waals surface area contributed by atoms with Crippen molar-refractivity contribution in [1.82, 2.24) is 9.88 Å². The molecule has 0 bridgehead atoms. The van der Waals surface area contributed by atoms with Crippen LogP contribution >= 0.6 is 11.6 Å². The predicted octanol–water partition coefficient (Wildman–Crippen LogP) is 3.43. The maximum Gasteiger partial charge on any atom is 0.410 e. The minimum Gasteiger partial charge on any atom is -0.471 e. The van der Waals surface area contributed by atoms with E-state index < -0.39 is 5.60 Å². The molecule has 1 aromatic rings. The van der Waals surface area contributed by atoms with Crippen LogP contribution < -0.4 is 4.74 Å². The van der Waals surface area contributed by atoms with Gasteiger partial charge in [0.05, 0.1) is 6.54 Å². The van der Waals surface area contributed by atoms with Gasteiger partial charge in [0.1, 0.15) is 16.7 Å². The summed E-state index contributed by atoms with van der Waals surface area (Å²) in [4.78, 5) is 17.8. The largest absolute Gasteiger partial charge is 0.471 e. The summed E-state index contributed by atoms with van der Waals surface area (Å²) >= 11 is 6.10. The Kier molecular flexibility index (Phi) is 4.61. The number of aromatic nitrogens is 1. The second kappa shape index (κ2) is 6.10. The van der Waals surface area contributed by atoms with Crippen LogP contribution in [0.2, 0.25) is 5.02 Å². The maximum absolute atomic E-state index is 12.0. The number of carbonyl (C=O) groups is 1. The number of hydrogen-bond acceptors (Lipinski definition) is 4. The smallest absolute Gasteiger partial charge is 0.410 e. The number of likely N-dealkylation sites (tertiary alicyclic amines) is 1. The van der Waals surface area contributed by atoms with Gasteiger partial charge in [0.2, 0.25) is 5.88 Å². The summed E-state index contributed by atoms with van der Waals surface area (Å²) in [6.45, 7) is 8.58. The van der Waals surface area contributed by atoms with Gasteiger partial charge < -0.3 is 14.4 Å². The summed E-state index contributed by atoms with van der Waals surface area (Å²) in [5, 5.41) is 0.491. The molecule has 1 aliphatic heterocycles. The second-order valence-electron chi connectivity index (χ2n) is 6.25. The number of ether oxygens (including phenoxy) is 2. The van der Waals surface area contributed by atoms with Gasteiger partial charge in [-0.2, -0.15) is 0 Å². The normalized spacial score (nSPS) is 18.7. The highest BCUT2D eigenvalue weighted by Crippen LogP contribution is 2.25. The number of halogens is 1. The zero-order chi connectivity index (χ0) is 15.6. The molecule has 1 fully saturated rings. The van der Waals surface area contributed by atoms with Crippen LogP contribution in [-0.2, 0) is 4.74 Å². The Bertz CT molecular complexity index is 528. The number of pyridine rings is 1. The van der Waals surface area contributed by atoms with Crippen LogP contribution in [0.25, 0.3) is 0 Å². The summed E-state index contributed by atoms with van der Waals surface area (Å²) in [6.07, 6.45) is 2.04. The van der Waals surface area contributed by atoms with E-state index in [2.05, 4.69) is 4.98 Å². The Morgan fingerprint density at radius 1 is 1.48 bits per heavy atom. The lowest BCUT2D eigenvalue weighted by Crippen LogP contribution is -2.36. The SMILES string of the molecule is Cc1cnc(OC2CCN(C(=O)OC(C)(C)C)C2)c(Cl)c1. The van der Waals surface area contributed by atoms with Crippen LogP contribution in [-0.4, -0.2) is 40.8 Å². The van der Waals surface area contributed by atoms with Gasteiger partial charge in [-0.25, -0.2) is 9.78 Å². The van der Waals surface area contributed by atoms with E-state index in [1.165, 1.54) is 0 Å². The topological polar surface area (TPSA) is 51.7 Å². The Hall–Kier alpha value is -1.49. The first-order valence-electron chi connectivity index (χ1n) is 7.01. The van der Waals surface area contributed by atoms with Gasteiger partial charge in [-0.1, -0.05) is 11.6 Å². The van der Waals surface area contributed by atoms with Crippen molar-refractivity contribution in [2.45, 2.75) is 45.8 Å². The van der Waals surface area contributed by atoms with Crippen molar-refractivity contribution in [1.29, 1.82) is 0 Å². The van der Waals surface area contributed by atoms with Crippen molar-refractivity contribution >= 4 is 17.7 Å². The third kappa shape index (κ3) is 4.49. The lowest BCUT2D eigenvalue weighted by Gasteiger charge is -2.24. The lowest BCUT2D eigenvalue weighted by molar-refractivity contribution is 0.0275. The third-order valence-electron chi connectivity index (χ3n) is 3.02. The van der Waals surface area contributed by atoms with Crippen LogP contribution in [0.1, 0.15) is 32.8 Å². The zero-order valence-electron chi connectivity index (χ0n) is 12.9. The summed E-state index contributed by atoms with van der Waals surface area (Å²) < 4.78 is 11.1. The molecule has 1 saturated heterocycles. The molecule has 0 spiro atoms. The number of carbonyl (C=O) groups excluding carboxylic acids is 1. The van der Waals surface area contributed by atoms with Gasteiger partial charge in [0.15, 0.2) is 0 Å². The van der Waals surface area contributed by atoms with Crippen LogP contribution in [0.4, 0.5) is 4.79 Å². The molecule has 0 radical (unpaired) electrons. The van der Waals surface area contributed by atoms with Crippen molar-refractivity contribution in [3.8, 4) is 5.88 Å². The monoisotopic (exact) mass is 312 g/mol. The minimum atomic E-state index is -0.488. The first-order valence-corrected chi connectivity index (χ1v) is 7.39. The summed E-state index contributed by atoms with van der Waals surface area (Å²) in [5.74, 6) is 0.415. The first kappa shape index (κ1) is 15.9. The van der Waals surface area contributed by atoms with E-state index >= 15 is 0 Å². The van der Waals surface area contributed by atoms with Gasteiger partial charge in [-0.15, -0.1) is 0 Å². The van der Waals surface area contributed by atoms with Crippen LogP contribution in [0.3, 0.4) is 0 Å². The Balaban J connectivity index is 1.92. The highest BCUT2D eigenvalue weighted by Gasteiger charge is 2.31. The molecule has 6 heteroatoms. The fourth-order valence-electron chi connectivity index (χ4n) is 2.08. The van der Waals surface area contributed by atoms with Crippen molar-refractivity contribution in [2.75, 3.05) is 13.1 Å². The zero-order valence-corrected chi connectivity index (χ0v) is 13.6. The van der Waals surface area contributed by atoms with Crippen molar-refractivity contribution < 1.29 is 14.3 Å². The predicted molar refractivity (Wildman–Crippen MR) is 80.8 cm³/mol. The fourth-order valence-corrected chi connectivity index (χ4v) is 2.35. The lowest BCUT2D eigenvalue weighted by atomic mass is 10.2. The van der Waals surface area contributed by atoms with E-state index in [1.807, 2.05) is 33.8 Å². The standard InChI is InChI=1S/C15H21ClN2O3/c1-10-7-12(16)13(17-8-10)20-11-5-6-18(9-11)14(19)21-15(2,3)4/h7-8,11H,5-6,9H2,1-4H3. The molecule has 2 heterocycles. The summed E-state index contributed by atoms with van der Waals surface area (Å²) in [6, 6.07) is 1.81. The minimum absolute atomic E-state index is 0.106. The molecule has 0 saturated carbocycles. The number of rotatable bonds is 2. The number of hydrogen-bond donors (Lipinski definition) is 0. The molecule has 0 aliphatic carbocycles. The molecule has 1 atom stereocenters. The highest BCUT2D eigenvalue weighted by molar-refractivity contribution is 6.31. The average Bonchev–Trinajstić information content (AvgIpc) is 2.79. The van der Waals surface area contributed by atoms with Crippen LogP contribution in [0.15, 0.2) is 12.3 Å². The molecular formula is C15H21ClN2O3. The molecular weight excluding hydrogens is 292 g/mol. The number of amides is 1. The van der Waals surface area contributed by atoms with E-state index in [0.717, 1.165) is 12.0 Å². The molecule has 116 valence electrons. The average molecular weight is 313 g/mol. The van der Waals surface area contributed by atoms with E-state index in [-0.39, 0.29) is 12.2 Å². The molecule has 5 nitrogen and oxygen atoms in total. The molecule has 1 amide bonds. The highest BCUT2D eigenvalue weighted by atomic mass is 35.5. The van der Waals surface area contributed by atoms with Gasteiger partial charge in [0.25, 0.3) is 0 Å². The first-order chi connectivity index (χ1) is 9.74. The van der Waals surface area contributed by atoms with Crippen molar-refractivity contribution in [2.24, 2.45) is 0 Å². The van der Waals surface area contributed by atoms with Gasteiger partial charge >= 0.3 is 6.09 Å². The number of aryl methyl sites for hydroxylation is 1. The van der Waals surface area contributed by atoms with E-state index in [0.29, 0.717) is 24.0 Å². The molecule has 21 heavy (non-hydrogen) atoms. The molecule has 2 rings (SSSR count). The summed E-state index contributed by atoms with van der Waals surface area (Å²) in [7, 11) is 0. The fraction of sp³-hybridized carbons (Fsp3) is 0.600.